The highest BCUT2D eigenvalue weighted by Crippen LogP contribution is 2.27. The summed E-state index contributed by atoms with van der Waals surface area (Å²) in [7, 11) is -1.61. The fourth-order valence-corrected chi connectivity index (χ4v) is 6.85. The van der Waals surface area contributed by atoms with Crippen molar-refractivity contribution in [2.75, 3.05) is 51.8 Å². The van der Waals surface area contributed by atoms with Crippen molar-refractivity contribution >= 4 is 48.3 Å². The number of thiazole rings is 1. The van der Waals surface area contributed by atoms with Gasteiger partial charge in [-0.25, -0.2) is 18.4 Å². The normalized spacial score (nSPS) is 18.1. The second kappa shape index (κ2) is 12.4. The van der Waals surface area contributed by atoms with Gasteiger partial charge < -0.3 is 14.8 Å². The van der Waals surface area contributed by atoms with Crippen LogP contribution in [0.1, 0.15) is 31.2 Å². The first-order chi connectivity index (χ1) is 18.9. The molecule has 2 aliphatic heterocycles. The molecule has 2 N–H and O–H groups in total. The van der Waals surface area contributed by atoms with Crippen LogP contribution in [0.25, 0.3) is 10.3 Å². The fraction of sp³-hybridized carbons (Fsp3) is 0.462. The van der Waals surface area contributed by atoms with E-state index in [1.807, 2.05) is 18.1 Å². The Balaban J connectivity index is 1.34. The molecule has 3 aromatic rings. The van der Waals surface area contributed by atoms with E-state index in [2.05, 4.69) is 25.7 Å². The van der Waals surface area contributed by atoms with Gasteiger partial charge in [0.2, 0.25) is 5.88 Å². The number of hydrazone groups is 1. The minimum Gasteiger partial charge on any atom is -0.478 e. The molecule has 0 unspecified atom stereocenters. The summed E-state index contributed by atoms with van der Waals surface area (Å²) in [5, 5.41) is 12.3. The van der Waals surface area contributed by atoms with Gasteiger partial charge in [0.1, 0.15) is 10.3 Å². The summed E-state index contributed by atoms with van der Waals surface area (Å²) >= 11 is 1.25. The monoisotopic (exact) mass is 572 g/mol. The summed E-state index contributed by atoms with van der Waals surface area (Å²) in [5.74, 6) is 0.0833. The number of amides is 1. The van der Waals surface area contributed by atoms with E-state index in [-0.39, 0.29) is 17.2 Å². The number of carbonyl (C=O) groups excluding carboxylic acids is 1. The lowest BCUT2D eigenvalue weighted by molar-refractivity contribution is -0.110. The Bertz CT molecular complexity index is 1430. The predicted molar refractivity (Wildman–Crippen MR) is 150 cm³/mol. The molecule has 4 heterocycles. The van der Waals surface area contributed by atoms with E-state index in [4.69, 9.17) is 9.47 Å². The molecule has 1 aromatic carbocycles. The molecule has 13 heteroatoms. The maximum Gasteiger partial charge on any atom is 0.278 e. The van der Waals surface area contributed by atoms with E-state index in [0.717, 1.165) is 38.9 Å². The standard InChI is InChI=1S/C26H32N6O5S2/c1-27-12-4-15-37-22-10-9-21-25(29-22)38-26(28-21)30-24(33)23(31-32-13-2-3-14-32)18-5-7-19(8-6-18)39(34,35)20-11-16-36-17-20/h5-10,20,27H,2-4,11-17H2,1H3,(H,28,30,33)/b31-23+/t20-/m0/s1. The third-order valence-electron chi connectivity index (χ3n) is 6.59. The van der Waals surface area contributed by atoms with E-state index >= 15 is 0 Å². The van der Waals surface area contributed by atoms with Crippen LogP contribution in [0.5, 0.6) is 5.88 Å². The molecule has 1 atom stereocenters. The number of pyridine rings is 1. The number of carbonyl (C=O) groups is 1. The molecule has 11 nitrogen and oxygen atoms in total. The van der Waals surface area contributed by atoms with Gasteiger partial charge in [-0.3, -0.25) is 15.1 Å². The molecular weight excluding hydrogens is 540 g/mol. The van der Waals surface area contributed by atoms with Crippen molar-refractivity contribution in [3.05, 3.63) is 42.0 Å². The number of benzene rings is 1. The van der Waals surface area contributed by atoms with Crippen LogP contribution in [0, 0.1) is 0 Å². The van der Waals surface area contributed by atoms with Crippen LogP contribution in [0.2, 0.25) is 0 Å². The predicted octanol–water partition coefficient (Wildman–Crippen LogP) is 2.68. The minimum atomic E-state index is -3.50. The first-order valence-corrected chi connectivity index (χ1v) is 15.4. The number of anilines is 1. The highest BCUT2D eigenvalue weighted by Gasteiger charge is 2.31. The number of sulfone groups is 1. The van der Waals surface area contributed by atoms with Crippen molar-refractivity contribution in [1.82, 2.24) is 20.3 Å². The molecule has 208 valence electrons. The molecule has 0 radical (unpaired) electrons. The summed E-state index contributed by atoms with van der Waals surface area (Å²) in [6, 6.07) is 9.92. The smallest absolute Gasteiger partial charge is 0.278 e. The number of aromatic nitrogens is 2. The second-order valence-electron chi connectivity index (χ2n) is 9.42. The molecule has 2 aromatic heterocycles. The zero-order chi connectivity index (χ0) is 27.2. The molecule has 0 aliphatic carbocycles. The van der Waals surface area contributed by atoms with E-state index in [9.17, 15) is 13.2 Å². The lowest BCUT2D eigenvalue weighted by Gasteiger charge is -2.15. The van der Waals surface area contributed by atoms with Gasteiger partial charge in [-0.1, -0.05) is 23.5 Å². The zero-order valence-corrected chi connectivity index (χ0v) is 23.4. The number of hydrogen-bond acceptors (Lipinski definition) is 11. The van der Waals surface area contributed by atoms with Gasteiger partial charge >= 0.3 is 0 Å². The molecule has 39 heavy (non-hydrogen) atoms. The number of fused-ring (bicyclic) bond motifs is 1. The van der Waals surface area contributed by atoms with Crippen molar-refractivity contribution < 1.29 is 22.7 Å². The van der Waals surface area contributed by atoms with Crippen LogP contribution >= 0.6 is 11.3 Å². The summed E-state index contributed by atoms with van der Waals surface area (Å²) < 4.78 is 36.9. The number of rotatable bonds is 11. The zero-order valence-electron chi connectivity index (χ0n) is 21.8. The SMILES string of the molecule is CNCCCOc1ccc2nc(NC(=O)/C(=N/N3CCCC3)c3ccc(S(=O)(=O)[C@H]4CCOC4)cc3)sc2n1. The highest BCUT2D eigenvalue weighted by molar-refractivity contribution is 7.92. The van der Waals surface area contributed by atoms with Crippen LogP contribution < -0.4 is 15.4 Å². The molecular formula is C26H32N6O5S2. The van der Waals surface area contributed by atoms with Gasteiger partial charge in [-0.2, -0.15) is 5.10 Å². The van der Waals surface area contributed by atoms with Gasteiger partial charge in [0.15, 0.2) is 20.7 Å². The quantitative estimate of drug-likeness (QED) is 0.263. The third kappa shape index (κ3) is 6.55. The van der Waals surface area contributed by atoms with Crippen molar-refractivity contribution in [3.8, 4) is 5.88 Å². The van der Waals surface area contributed by atoms with Crippen molar-refractivity contribution in [2.24, 2.45) is 5.10 Å². The Kier molecular flexibility index (Phi) is 8.70. The Hall–Kier alpha value is -3.13. The molecule has 2 saturated heterocycles. The van der Waals surface area contributed by atoms with Crippen molar-refractivity contribution in [1.29, 1.82) is 0 Å². The summed E-state index contributed by atoms with van der Waals surface area (Å²) in [4.78, 5) is 23.3. The van der Waals surface area contributed by atoms with Gasteiger partial charge in [0.25, 0.3) is 5.91 Å². The molecule has 0 saturated carbocycles. The van der Waals surface area contributed by atoms with Gasteiger partial charge in [0.05, 0.1) is 23.4 Å². The second-order valence-corrected chi connectivity index (χ2v) is 12.6. The average molecular weight is 573 g/mol. The first kappa shape index (κ1) is 27.4. The molecule has 1 amide bonds. The maximum absolute atomic E-state index is 13.5. The first-order valence-electron chi connectivity index (χ1n) is 13.1. The number of nitrogens with one attached hydrogen (secondary N) is 2. The summed E-state index contributed by atoms with van der Waals surface area (Å²) in [6.07, 6.45) is 3.35. The van der Waals surface area contributed by atoms with Crippen LogP contribution in [-0.2, 0) is 19.4 Å². The largest absolute Gasteiger partial charge is 0.478 e. The van der Waals surface area contributed by atoms with E-state index in [0.29, 0.717) is 46.6 Å². The Morgan fingerprint density at radius 3 is 2.69 bits per heavy atom. The number of hydrogen-bond donors (Lipinski definition) is 2. The fourth-order valence-electron chi connectivity index (χ4n) is 4.44. The van der Waals surface area contributed by atoms with Gasteiger partial charge in [0, 0.05) is 31.3 Å². The maximum atomic E-state index is 13.5. The molecule has 5 rings (SSSR count). The van der Waals surface area contributed by atoms with Crippen LogP contribution in [0.4, 0.5) is 5.13 Å². The van der Waals surface area contributed by atoms with Crippen LogP contribution in [-0.4, -0.2) is 86.8 Å². The highest BCUT2D eigenvalue weighted by atomic mass is 32.2. The lowest BCUT2D eigenvalue weighted by Crippen LogP contribution is -2.27. The molecule has 2 fully saturated rings. The topological polar surface area (TPSA) is 135 Å². The minimum absolute atomic E-state index is 0.200. The average Bonchev–Trinajstić information content (AvgIpc) is 3.72. The number of nitrogens with zero attached hydrogens (tertiary/aromatic N) is 4. The van der Waals surface area contributed by atoms with E-state index in [1.54, 1.807) is 18.2 Å². The van der Waals surface area contributed by atoms with Crippen LogP contribution in [0.15, 0.2) is 46.4 Å². The van der Waals surface area contributed by atoms with E-state index < -0.39 is 21.0 Å². The van der Waals surface area contributed by atoms with Crippen LogP contribution in [0.3, 0.4) is 0 Å². The van der Waals surface area contributed by atoms with Gasteiger partial charge in [-0.15, -0.1) is 0 Å². The Morgan fingerprint density at radius 1 is 1.18 bits per heavy atom. The van der Waals surface area contributed by atoms with E-state index in [1.165, 1.54) is 23.5 Å². The summed E-state index contributed by atoms with van der Waals surface area (Å²) in [5.41, 5.74) is 1.38. The third-order valence-corrected chi connectivity index (χ3v) is 9.65. The van der Waals surface area contributed by atoms with Crippen molar-refractivity contribution in [2.45, 2.75) is 35.8 Å². The summed E-state index contributed by atoms with van der Waals surface area (Å²) in [6.45, 7) is 3.57. The molecule has 0 spiro atoms. The Morgan fingerprint density at radius 2 is 1.97 bits per heavy atom. The number of ether oxygens (including phenoxy) is 2. The lowest BCUT2D eigenvalue weighted by atomic mass is 10.1. The molecule has 0 bridgehead atoms. The van der Waals surface area contributed by atoms with Crippen molar-refractivity contribution in [3.63, 3.8) is 0 Å². The Labute approximate surface area is 231 Å². The molecule has 2 aliphatic rings. The van der Waals surface area contributed by atoms with Gasteiger partial charge in [-0.05, 0) is 57.5 Å².